The lowest BCUT2D eigenvalue weighted by Gasteiger charge is -2.33. The van der Waals surface area contributed by atoms with Gasteiger partial charge in [0.05, 0.1) is 11.5 Å². The first-order chi connectivity index (χ1) is 14.3. The first-order valence-corrected chi connectivity index (χ1v) is 11.5. The second-order valence-corrected chi connectivity index (χ2v) is 9.25. The molecule has 1 saturated heterocycles. The van der Waals surface area contributed by atoms with Gasteiger partial charge in [-0.25, -0.2) is 8.42 Å². The van der Waals surface area contributed by atoms with Gasteiger partial charge in [-0.1, -0.05) is 18.2 Å². The van der Waals surface area contributed by atoms with Crippen molar-refractivity contribution in [2.75, 3.05) is 32.8 Å². The highest BCUT2D eigenvalue weighted by Crippen LogP contribution is 2.21. The molecule has 3 rings (SSSR count). The normalized spacial score (nSPS) is 15.5. The Morgan fingerprint density at radius 2 is 1.67 bits per heavy atom. The zero-order valence-electron chi connectivity index (χ0n) is 17.7. The molecule has 0 unspecified atom stereocenters. The molecule has 1 aliphatic heterocycles. The van der Waals surface area contributed by atoms with E-state index >= 15 is 0 Å². The van der Waals surface area contributed by atoms with Crippen LogP contribution in [0, 0.1) is 13.8 Å². The number of rotatable bonds is 6. The second kappa shape index (κ2) is 9.45. The molecule has 2 aromatic carbocycles. The van der Waals surface area contributed by atoms with Crippen LogP contribution in [0.25, 0.3) is 6.08 Å². The molecule has 0 aliphatic carbocycles. The summed E-state index contributed by atoms with van der Waals surface area (Å²) in [6, 6.07) is 12.7. The molecule has 30 heavy (non-hydrogen) atoms. The van der Waals surface area contributed by atoms with Crippen molar-refractivity contribution in [2.24, 2.45) is 0 Å². The summed E-state index contributed by atoms with van der Waals surface area (Å²) in [5.74, 6) is 0.675. The van der Waals surface area contributed by atoms with E-state index in [9.17, 15) is 13.2 Å². The lowest BCUT2D eigenvalue weighted by molar-refractivity contribution is -0.127. The summed E-state index contributed by atoms with van der Waals surface area (Å²) in [5, 5.41) is 0. The zero-order valence-corrected chi connectivity index (χ0v) is 18.5. The standard InChI is InChI=1S/C23H28N2O4S/c1-4-29-21-9-6-20(7-10-21)8-12-23(26)24-13-15-25(16-14-24)30(27,28)22-11-5-18(2)19(3)17-22/h5-12,17H,4,13-16H2,1-3H3/b12-8+. The predicted octanol–water partition coefficient (Wildman–Crippen LogP) is 3.25. The minimum absolute atomic E-state index is 0.118. The molecule has 0 atom stereocenters. The monoisotopic (exact) mass is 428 g/mol. The van der Waals surface area contributed by atoms with E-state index < -0.39 is 10.0 Å². The van der Waals surface area contributed by atoms with E-state index in [1.807, 2.05) is 51.1 Å². The fourth-order valence-electron chi connectivity index (χ4n) is 3.29. The van der Waals surface area contributed by atoms with E-state index in [0.717, 1.165) is 22.4 Å². The number of amides is 1. The summed E-state index contributed by atoms with van der Waals surface area (Å²) in [6.45, 7) is 7.72. The van der Waals surface area contributed by atoms with E-state index in [-0.39, 0.29) is 19.0 Å². The molecule has 1 amide bonds. The van der Waals surface area contributed by atoms with Crippen LogP contribution < -0.4 is 4.74 Å². The molecule has 7 heteroatoms. The molecular weight excluding hydrogens is 400 g/mol. The van der Waals surface area contributed by atoms with E-state index in [4.69, 9.17) is 4.74 Å². The van der Waals surface area contributed by atoms with Gasteiger partial charge >= 0.3 is 0 Å². The third-order valence-electron chi connectivity index (χ3n) is 5.28. The molecule has 1 aliphatic rings. The van der Waals surface area contributed by atoms with Crippen LogP contribution in [-0.2, 0) is 14.8 Å². The third-order valence-corrected chi connectivity index (χ3v) is 7.17. The lowest BCUT2D eigenvalue weighted by Crippen LogP contribution is -2.50. The Kier molecular flexibility index (Phi) is 6.95. The van der Waals surface area contributed by atoms with Gasteiger partial charge in [-0.05, 0) is 67.8 Å². The molecule has 0 aromatic heterocycles. The van der Waals surface area contributed by atoms with Crippen LogP contribution in [0.1, 0.15) is 23.6 Å². The Morgan fingerprint density at radius 1 is 1.00 bits per heavy atom. The van der Waals surface area contributed by atoms with Crippen molar-refractivity contribution in [3.05, 3.63) is 65.2 Å². The summed E-state index contributed by atoms with van der Waals surface area (Å²) in [5.41, 5.74) is 2.91. The fourth-order valence-corrected chi connectivity index (χ4v) is 4.79. The van der Waals surface area contributed by atoms with E-state index in [2.05, 4.69) is 0 Å². The summed E-state index contributed by atoms with van der Waals surface area (Å²) in [7, 11) is -3.55. The number of hydrogen-bond donors (Lipinski definition) is 0. The SMILES string of the molecule is CCOc1ccc(/C=C/C(=O)N2CCN(S(=O)(=O)c3ccc(C)c(C)c3)CC2)cc1. The number of ether oxygens (including phenoxy) is 1. The van der Waals surface area contributed by atoms with Gasteiger partial charge in [-0.15, -0.1) is 0 Å². The smallest absolute Gasteiger partial charge is 0.246 e. The van der Waals surface area contributed by atoms with Crippen molar-refractivity contribution >= 4 is 22.0 Å². The number of benzene rings is 2. The summed E-state index contributed by atoms with van der Waals surface area (Å²) in [4.78, 5) is 14.5. The van der Waals surface area contributed by atoms with Gasteiger partial charge in [-0.3, -0.25) is 4.79 Å². The van der Waals surface area contributed by atoms with Crippen molar-refractivity contribution in [1.82, 2.24) is 9.21 Å². The van der Waals surface area contributed by atoms with Crippen molar-refractivity contribution < 1.29 is 17.9 Å². The van der Waals surface area contributed by atoms with Gasteiger partial charge in [0.25, 0.3) is 0 Å². The fraction of sp³-hybridized carbons (Fsp3) is 0.348. The Morgan fingerprint density at radius 3 is 2.27 bits per heavy atom. The maximum Gasteiger partial charge on any atom is 0.246 e. The van der Waals surface area contributed by atoms with E-state index in [1.165, 1.54) is 10.4 Å². The zero-order chi connectivity index (χ0) is 21.7. The topological polar surface area (TPSA) is 66.9 Å². The van der Waals surface area contributed by atoms with Crippen molar-refractivity contribution in [3.63, 3.8) is 0 Å². The molecule has 0 spiro atoms. The van der Waals surface area contributed by atoms with Crippen molar-refractivity contribution in [2.45, 2.75) is 25.7 Å². The van der Waals surface area contributed by atoms with Crippen LogP contribution in [0.2, 0.25) is 0 Å². The van der Waals surface area contributed by atoms with Gasteiger partial charge in [0.2, 0.25) is 15.9 Å². The molecule has 1 fully saturated rings. The van der Waals surface area contributed by atoms with Crippen LogP contribution >= 0.6 is 0 Å². The third kappa shape index (κ3) is 5.09. The Labute approximate surface area is 178 Å². The molecule has 1 heterocycles. The van der Waals surface area contributed by atoms with Crippen LogP contribution in [0.5, 0.6) is 5.75 Å². The number of carbonyl (C=O) groups is 1. The average Bonchev–Trinajstić information content (AvgIpc) is 2.75. The van der Waals surface area contributed by atoms with Crippen LogP contribution in [0.15, 0.2) is 53.4 Å². The molecule has 0 radical (unpaired) electrons. The predicted molar refractivity (Wildman–Crippen MR) is 118 cm³/mol. The first kappa shape index (κ1) is 22.1. The Balaban J connectivity index is 1.59. The molecule has 0 bridgehead atoms. The second-order valence-electron chi connectivity index (χ2n) is 7.31. The highest BCUT2D eigenvalue weighted by molar-refractivity contribution is 7.89. The highest BCUT2D eigenvalue weighted by atomic mass is 32.2. The number of aryl methyl sites for hydroxylation is 2. The average molecular weight is 429 g/mol. The van der Waals surface area contributed by atoms with Gasteiger partial charge in [0.15, 0.2) is 0 Å². The Bertz CT molecular complexity index is 1020. The van der Waals surface area contributed by atoms with Gasteiger partial charge in [-0.2, -0.15) is 4.31 Å². The molecule has 0 N–H and O–H groups in total. The maximum atomic E-state index is 12.9. The maximum absolute atomic E-state index is 12.9. The van der Waals surface area contributed by atoms with Gasteiger partial charge in [0, 0.05) is 32.3 Å². The van der Waals surface area contributed by atoms with Crippen LogP contribution in [-0.4, -0.2) is 56.3 Å². The van der Waals surface area contributed by atoms with Crippen LogP contribution in [0.4, 0.5) is 0 Å². The van der Waals surface area contributed by atoms with E-state index in [1.54, 1.807) is 23.1 Å². The summed E-state index contributed by atoms with van der Waals surface area (Å²) >= 11 is 0. The van der Waals surface area contributed by atoms with Crippen LogP contribution in [0.3, 0.4) is 0 Å². The van der Waals surface area contributed by atoms with Crippen molar-refractivity contribution in [1.29, 1.82) is 0 Å². The molecule has 160 valence electrons. The minimum atomic E-state index is -3.55. The molecule has 6 nitrogen and oxygen atoms in total. The molecular formula is C23H28N2O4S. The Hall–Kier alpha value is -2.64. The number of nitrogens with zero attached hydrogens (tertiary/aromatic N) is 2. The van der Waals surface area contributed by atoms with E-state index in [0.29, 0.717) is 24.6 Å². The first-order valence-electron chi connectivity index (χ1n) is 10.1. The number of hydrogen-bond acceptors (Lipinski definition) is 4. The minimum Gasteiger partial charge on any atom is -0.494 e. The number of piperazine rings is 1. The number of sulfonamides is 1. The van der Waals surface area contributed by atoms with Gasteiger partial charge < -0.3 is 9.64 Å². The lowest BCUT2D eigenvalue weighted by atomic mass is 10.1. The quantitative estimate of drug-likeness (QED) is 0.663. The van der Waals surface area contributed by atoms with Crippen molar-refractivity contribution in [3.8, 4) is 5.75 Å². The molecule has 2 aromatic rings. The largest absolute Gasteiger partial charge is 0.494 e. The molecule has 0 saturated carbocycles. The highest BCUT2D eigenvalue weighted by Gasteiger charge is 2.29. The number of carbonyl (C=O) groups excluding carboxylic acids is 1. The summed E-state index contributed by atoms with van der Waals surface area (Å²) < 4.78 is 32.7. The summed E-state index contributed by atoms with van der Waals surface area (Å²) in [6.07, 6.45) is 3.29. The van der Waals surface area contributed by atoms with Gasteiger partial charge in [0.1, 0.15) is 5.75 Å².